The third-order valence-electron chi connectivity index (χ3n) is 6.62. The van der Waals surface area contributed by atoms with Crippen LogP contribution in [0.25, 0.3) is 10.2 Å². The highest BCUT2D eigenvalue weighted by Crippen LogP contribution is 2.33. The summed E-state index contributed by atoms with van der Waals surface area (Å²) in [5, 5.41) is 1.02. The molecule has 5 rings (SSSR count). The molecule has 0 spiro atoms. The van der Waals surface area contributed by atoms with Crippen LogP contribution in [0.3, 0.4) is 0 Å². The molecule has 2 saturated heterocycles. The molecule has 34 heavy (non-hydrogen) atoms. The van der Waals surface area contributed by atoms with Crippen LogP contribution in [-0.2, 0) is 14.8 Å². The number of piperazine rings is 1. The van der Waals surface area contributed by atoms with Gasteiger partial charge in [0.25, 0.3) is 10.0 Å². The maximum absolute atomic E-state index is 13.2. The molecular formula is C23H27ClN4O3S3. The fourth-order valence-corrected chi connectivity index (χ4v) is 8.96. The maximum atomic E-state index is 13.2. The third kappa shape index (κ3) is 4.58. The van der Waals surface area contributed by atoms with Gasteiger partial charge in [-0.15, -0.1) is 11.3 Å². The number of carbonyl (C=O) groups excluding carboxylic acids is 1. The van der Waals surface area contributed by atoms with Crippen molar-refractivity contribution in [3.05, 3.63) is 39.7 Å². The van der Waals surface area contributed by atoms with Crippen molar-refractivity contribution in [2.24, 2.45) is 5.92 Å². The first-order valence-electron chi connectivity index (χ1n) is 11.4. The molecule has 0 radical (unpaired) electrons. The van der Waals surface area contributed by atoms with Gasteiger partial charge in [-0.3, -0.25) is 4.79 Å². The smallest absolute Gasteiger partial charge is 0.252 e. The largest absolute Gasteiger partial charge is 0.345 e. The van der Waals surface area contributed by atoms with Crippen LogP contribution in [-0.4, -0.2) is 67.8 Å². The predicted octanol–water partition coefficient (Wildman–Crippen LogP) is 4.38. The maximum Gasteiger partial charge on any atom is 0.252 e. The lowest BCUT2D eigenvalue weighted by Gasteiger charge is -2.38. The molecule has 7 nitrogen and oxygen atoms in total. The number of hydrogen-bond donors (Lipinski definition) is 0. The number of rotatable bonds is 4. The van der Waals surface area contributed by atoms with Gasteiger partial charge in [0.15, 0.2) is 5.13 Å². The second-order valence-corrected chi connectivity index (χ2v) is 13.8. The minimum Gasteiger partial charge on any atom is -0.345 e. The van der Waals surface area contributed by atoms with E-state index in [0.29, 0.717) is 43.4 Å². The number of aryl methyl sites for hydroxylation is 2. The Morgan fingerprint density at radius 2 is 1.74 bits per heavy atom. The molecule has 0 saturated carbocycles. The van der Waals surface area contributed by atoms with Crippen LogP contribution in [0.15, 0.2) is 28.5 Å². The normalized spacial score (nSPS) is 18.7. The first-order chi connectivity index (χ1) is 16.2. The summed E-state index contributed by atoms with van der Waals surface area (Å²) in [6.45, 7) is 7.79. The lowest BCUT2D eigenvalue weighted by Crippen LogP contribution is -2.52. The van der Waals surface area contributed by atoms with E-state index in [9.17, 15) is 13.2 Å². The minimum atomic E-state index is -3.54. The molecule has 4 heterocycles. The molecule has 2 fully saturated rings. The topological polar surface area (TPSA) is 73.8 Å². The Morgan fingerprint density at radius 3 is 2.38 bits per heavy atom. The monoisotopic (exact) mass is 538 g/mol. The van der Waals surface area contributed by atoms with Gasteiger partial charge in [-0.2, -0.15) is 4.31 Å². The number of anilines is 1. The number of fused-ring (bicyclic) bond motifs is 1. The van der Waals surface area contributed by atoms with Crippen molar-refractivity contribution < 1.29 is 13.2 Å². The van der Waals surface area contributed by atoms with E-state index in [1.54, 1.807) is 23.5 Å². The highest BCUT2D eigenvalue weighted by molar-refractivity contribution is 7.91. The molecule has 0 aliphatic carbocycles. The average Bonchev–Trinajstić information content (AvgIpc) is 3.46. The van der Waals surface area contributed by atoms with E-state index in [2.05, 4.69) is 30.9 Å². The number of halogens is 1. The van der Waals surface area contributed by atoms with Crippen LogP contribution in [0, 0.1) is 19.8 Å². The van der Waals surface area contributed by atoms with Crippen molar-refractivity contribution in [3.8, 4) is 0 Å². The van der Waals surface area contributed by atoms with Gasteiger partial charge in [-0.05, 0) is 56.0 Å². The number of thiophene rings is 1. The number of amides is 1. The van der Waals surface area contributed by atoms with Gasteiger partial charge in [-0.25, -0.2) is 13.4 Å². The predicted molar refractivity (Wildman–Crippen MR) is 139 cm³/mol. The molecule has 0 unspecified atom stereocenters. The van der Waals surface area contributed by atoms with Gasteiger partial charge in [0.2, 0.25) is 5.91 Å². The number of hydrogen-bond acceptors (Lipinski definition) is 7. The number of thiazole rings is 1. The Kier molecular flexibility index (Phi) is 6.62. The molecule has 0 N–H and O–H groups in total. The second-order valence-electron chi connectivity index (χ2n) is 8.98. The summed E-state index contributed by atoms with van der Waals surface area (Å²) >= 11 is 8.71. The molecule has 182 valence electrons. The number of nitrogens with zero attached hydrogens (tertiary/aromatic N) is 4. The van der Waals surface area contributed by atoms with Crippen molar-refractivity contribution in [3.63, 3.8) is 0 Å². The summed E-state index contributed by atoms with van der Waals surface area (Å²) in [6.07, 6.45) is 1.10. The molecule has 3 aromatic rings. The number of benzene rings is 1. The van der Waals surface area contributed by atoms with Crippen LogP contribution in [0.1, 0.15) is 24.0 Å². The summed E-state index contributed by atoms with van der Waals surface area (Å²) in [7, 11) is -3.54. The molecule has 2 aliphatic rings. The van der Waals surface area contributed by atoms with Gasteiger partial charge in [0, 0.05) is 45.2 Å². The van der Waals surface area contributed by atoms with E-state index < -0.39 is 10.0 Å². The van der Waals surface area contributed by atoms with Crippen molar-refractivity contribution >= 4 is 65.6 Å². The van der Waals surface area contributed by atoms with E-state index >= 15 is 0 Å². The van der Waals surface area contributed by atoms with Gasteiger partial charge in [0.05, 0.1) is 14.6 Å². The van der Waals surface area contributed by atoms with E-state index in [1.807, 2.05) is 4.90 Å². The van der Waals surface area contributed by atoms with Crippen molar-refractivity contribution in [1.82, 2.24) is 14.2 Å². The Morgan fingerprint density at radius 1 is 1.03 bits per heavy atom. The summed E-state index contributed by atoms with van der Waals surface area (Å²) in [5.41, 5.74) is 3.51. The molecule has 0 atom stereocenters. The van der Waals surface area contributed by atoms with E-state index in [4.69, 9.17) is 16.6 Å². The molecule has 1 amide bonds. The summed E-state index contributed by atoms with van der Waals surface area (Å²) < 4.78 is 29.1. The molecule has 2 aromatic heterocycles. The van der Waals surface area contributed by atoms with Crippen LogP contribution in [0.4, 0.5) is 5.13 Å². The minimum absolute atomic E-state index is 0.127. The quantitative estimate of drug-likeness (QED) is 0.493. The standard InChI is InChI=1S/C23H27ClN4O3S3/c1-15-13-16(2)21-18(14-15)25-23(33-21)27-11-9-26(10-12-27)22(29)17-5-7-28(8-6-17)34(30,31)20-4-3-19(24)32-20/h3-4,13-14,17H,5-12H2,1-2H3. The molecule has 0 bridgehead atoms. The SMILES string of the molecule is Cc1cc(C)c2sc(N3CCN(C(=O)C4CCN(S(=O)(=O)c5ccc(Cl)s5)CC4)CC3)nc2c1. The first kappa shape index (κ1) is 24.0. The van der Waals surface area contributed by atoms with Crippen molar-refractivity contribution in [2.45, 2.75) is 30.9 Å². The molecular weight excluding hydrogens is 512 g/mol. The van der Waals surface area contributed by atoms with E-state index in [-0.39, 0.29) is 16.0 Å². The lowest BCUT2D eigenvalue weighted by atomic mass is 9.96. The fraction of sp³-hybridized carbons (Fsp3) is 0.478. The number of piperidine rings is 1. The first-order valence-corrected chi connectivity index (χ1v) is 14.8. The van der Waals surface area contributed by atoms with Crippen molar-refractivity contribution in [1.29, 1.82) is 0 Å². The summed E-state index contributed by atoms with van der Waals surface area (Å²) in [4.78, 5) is 22.2. The zero-order valence-corrected chi connectivity index (χ0v) is 22.4. The highest BCUT2D eigenvalue weighted by atomic mass is 35.5. The average molecular weight is 539 g/mol. The molecule has 1 aromatic carbocycles. The van der Waals surface area contributed by atoms with Gasteiger partial charge in [0.1, 0.15) is 4.21 Å². The van der Waals surface area contributed by atoms with E-state index in [0.717, 1.165) is 35.1 Å². The van der Waals surface area contributed by atoms with Crippen LogP contribution in [0.5, 0.6) is 0 Å². The van der Waals surface area contributed by atoms with Crippen LogP contribution in [0.2, 0.25) is 4.34 Å². The Labute approximate surface area is 213 Å². The van der Waals surface area contributed by atoms with Crippen LogP contribution >= 0.6 is 34.3 Å². The fourth-order valence-electron chi connectivity index (χ4n) is 4.78. The molecule has 2 aliphatic heterocycles. The zero-order valence-electron chi connectivity index (χ0n) is 19.2. The number of carbonyl (C=O) groups is 1. The Balaban J connectivity index is 1.17. The Hall–Kier alpha value is -1.72. The lowest BCUT2D eigenvalue weighted by molar-refractivity contribution is -0.137. The molecule has 11 heteroatoms. The van der Waals surface area contributed by atoms with Gasteiger partial charge < -0.3 is 9.80 Å². The summed E-state index contributed by atoms with van der Waals surface area (Å²) in [5.74, 6) is 0.0182. The number of sulfonamides is 1. The second kappa shape index (κ2) is 9.39. The van der Waals surface area contributed by atoms with E-state index in [1.165, 1.54) is 20.1 Å². The third-order valence-corrected chi connectivity index (χ3v) is 11.5. The van der Waals surface area contributed by atoms with Crippen molar-refractivity contribution in [2.75, 3.05) is 44.2 Å². The van der Waals surface area contributed by atoms with Gasteiger partial charge >= 0.3 is 0 Å². The Bertz CT molecular complexity index is 1320. The summed E-state index contributed by atoms with van der Waals surface area (Å²) in [6, 6.07) is 7.47. The van der Waals surface area contributed by atoms with Gasteiger partial charge in [-0.1, -0.05) is 29.0 Å². The highest BCUT2D eigenvalue weighted by Gasteiger charge is 2.35. The number of aromatic nitrogens is 1. The zero-order chi connectivity index (χ0) is 24.0. The van der Waals surface area contributed by atoms with Crippen LogP contribution < -0.4 is 4.90 Å².